The number of hydrogen-bond acceptors (Lipinski definition) is 3. The first-order valence-electron chi connectivity index (χ1n) is 7.54. The van der Waals surface area contributed by atoms with E-state index in [-0.39, 0.29) is 12.5 Å². The fraction of sp³-hybridized carbons (Fsp3) is 0.111. The van der Waals surface area contributed by atoms with Crippen molar-refractivity contribution in [3.8, 4) is 5.75 Å². The lowest BCUT2D eigenvalue weighted by Crippen LogP contribution is -2.19. The van der Waals surface area contributed by atoms with Gasteiger partial charge in [-0.2, -0.15) is 5.10 Å². The predicted octanol–water partition coefficient (Wildman–Crippen LogP) is 4.26. The van der Waals surface area contributed by atoms with Crippen LogP contribution in [0.25, 0.3) is 0 Å². The van der Waals surface area contributed by atoms with Crippen molar-refractivity contribution in [2.45, 2.75) is 6.54 Å². The summed E-state index contributed by atoms with van der Waals surface area (Å²) < 4.78 is 7.08. The highest BCUT2D eigenvalue weighted by Crippen LogP contribution is 2.22. The molecule has 0 aliphatic carbocycles. The van der Waals surface area contributed by atoms with Crippen LogP contribution in [-0.4, -0.2) is 22.3 Å². The number of carbonyl (C=O) groups excluding carboxylic acids is 1. The highest BCUT2D eigenvalue weighted by Gasteiger charge is 2.07. The fourth-order valence-electron chi connectivity index (χ4n) is 2.20. The van der Waals surface area contributed by atoms with E-state index in [1.165, 1.54) is 0 Å². The smallest absolute Gasteiger partial charge is 0.262 e. The summed E-state index contributed by atoms with van der Waals surface area (Å²) >= 11 is 12.0. The van der Waals surface area contributed by atoms with Crippen molar-refractivity contribution < 1.29 is 9.53 Å². The van der Waals surface area contributed by atoms with Crippen LogP contribution in [0.4, 0.5) is 5.69 Å². The quantitative estimate of drug-likeness (QED) is 0.700. The lowest BCUT2D eigenvalue weighted by atomic mass is 10.2. The van der Waals surface area contributed by atoms with E-state index in [1.807, 2.05) is 24.3 Å². The molecule has 0 aliphatic rings. The van der Waals surface area contributed by atoms with E-state index in [4.69, 9.17) is 27.9 Å². The van der Waals surface area contributed by atoms with Gasteiger partial charge in [0.15, 0.2) is 6.61 Å². The van der Waals surface area contributed by atoms with Gasteiger partial charge in [0.05, 0.1) is 18.4 Å². The highest BCUT2D eigenvalue weighted by molar-refractivity contribution is 6.35. The van der Waals surface area contributed by atoms with E-state index < -0.39 is 0 Å². The van der Waals surface area contributed by atoms with Gasteiger partial charge in [0.2, 0.25) is 0 Å². The van der Waals surface area contributed by atoms with Gasteiger partial charge in [-0.3, -0.25) is 9.48 Å². The van der Waals surface area contributed by atoms with Gasteiger partial charge in [-0.15, -0.1) is 0 Å². The van der Waals surface area contributed by atoms with Crippen LogP contribution in [0.3, 0.4) is 0 Å². The maximum Gasteiger partial charge on any atom is 0.262 e. The summed E-state index contributed by atoms with van der Waals surface area (Å²) in [6, 6.07) is 14.5. The molecule has 1 heterocycles. The SMILES string of the molecule is O=C(COc1ccccc1)Nc1cnn(Cc2ccc(Cl)cc2Cl)c1. The summed E-state index contributed by atoms with van der Waals surface area (Å²) in [7, 11) is 0. The Kier molecular flexibility index (Phi) is 5.58. The van der Waals surface area contributed by atoms with Crippen LogP contribution in [0.5, 0.6) is 5.75 Å². The van der Waals surface area contributed by atoms with Crippen LogP contribution in [0.15, 0.2) is 60.9 Å². The van der Waals surface area contributed by atoms with E-state index in [9.17, 15) is 4.79 Å². The van der Waals surface area contributed by atoms with Crippen molar-refractivity contribution >= 4 is 34.8 Å². The minimum atomic E-state index is -0.257. The van der Waals surface area contributed by atoms with E-state index in [2.05, 4.69) is 10.4 Å². The maximum atomic E-state index is 11.9. The lowest BCUT2D eigenvalue weighted by Gasteiger charge is -2.06. The zero-order valence-corrected chi connectivity index (χ0v) is 14.7. The van der Waals surface area contributed by atoms with Crippen LogP contribution in [0.1, 0.15) is 5.56 Å². The van der Waals surface area contributed by atoms with Crippen LogP contribution in [0, 0.1) is 0 Å². The first kappa shape index (κ1) is 17.3. The molecule has 0 saturated carbocycles. The Morgan fingerprint density at radius 3 is 2.72 bits per heavy atom. The standard InChI is InChI=1S/C18H15Cl2N3O2/c19-14-7-6-13(17(20)8-14)10-23-11-15(9-21-23)22-18(24)12-25-16-4-2-1-3-5-16/h1-9,11H,10,12H2,(H,22,24). The number of halogens is 2. The average Bonchev–Trinajstić information content (AvgIpc) is 3.03. The number of benzene rings is 2. The third kappa shape index (κ3) is 4.98. The predicted molar refractivity (Wildman–Crippen MR) is 98.4 cm³/mol. The second-order valence-corrected chi connectivity index (χ2v) is 6.16. The zero-order valence-electron chi connectivity index (χ0n) is 13.2. The molecule has 3 aromatic rings. The minimum Gasteiger partial charge on any atom is -0.484 e. The second-order valence-electron chi connectivity index (χ2n) is 5.31. The first-order valence-corrected chi connectivity index (χ1v) is 8.30. The first-order chi connectivity index (χ1) is 12.1. The van der Waals surface area contributed by atoms with Crippen LogP contribution >= 0.6 is 23.2 Å². The summed E-state index contributed by atoms with van der Waals surface area (Å²) in [5.41, 5.74) is 1.48. The van der Waals surface area contributed by atoms with Crippen molar-refractivity contribution in [2.24, 2.45) is 0 Å². The van der Waals surface area contributed by atoms with E-state index in [1.54, 1.807) is 41.3 Å². The fourth-order valence-corrected chi connectivity index (χ4v) is 2.67. The molecule has 0 saturated heterocycles. The molecular formula is C18H15Cl2N3O2. The van der Waals surface area contributed by atoms with E-state index in [0.717, 1.165) is 5.56 Å². The number of anilines is 1. The summed E-state index contributed by atoms with van der Waals surface area (Å²) in [5.74, 6) is 0.388. The van der Waals surface area contributed by atoms with E-state index >= 15 is 0 Å². The molecule has 1 aromatic heterocycles. The Balaban J connectivity index is 1.55. The van der Waals surface area contributed by atoms with Gasteiger partial charge in [0.1, 0.15) is 5.75 Å². The molecule has 128 valence electrons. The Morgan fingerprint density at radius 1 is 1.16 bits per heavy atom. The van der Waals surface area contributed by atoms with Gasteiger partial charge < -0.3 is 10.1 Å². The van der Waals surface area contributed by atoms with Gasteiger partial charge in [-0.1, -0.05) is 47.5 Å². The van der Waals surface area contributed by atoms with Crippen molar-refractivity contribution in [1.29, 1.82) is 0 Å². The molecule has 0 unspecified atom stereocenters. The zero-order chi connectivity index (χ0) is 17.6. The Morgan fingerprint density at radius 2 is 1.96 bits per heavy atom. The number of hydrogen-bond donors (Lipinski definition) is 1. The number of carbonyl (C=O) groups is 1. The molecule has 2 aromatic carbocycles. The monoisotopic (exact) mass is 375 g/mol. The van der Waals surface area contributed by atoms with Gasteiger partial charge >= 0.3 is 0 Å². The molecule has 0 spiro atoms. The second kappa shape index (κ2) is 8.05. The average molecular weight is 376 g/mol. The molecular weight excluding hydrogens is 361 g/mol. The minimum absolute atomic E-state index is 0.0712. The number of ether oxygens (including phenoxy) is 1. The Bertz CT molecular complexity index is 866. The van der Waals surface area contributed by atoms with Crippen molar-refractivity contribution in [2.75, 3.05) is 11.9 Å². The number of rotatable bonds is 6. The molecule has 0 radical (unpaired) electrons. The summed E-state index contributed by atoms with van der Waals surface area (Å²) in [4.78, 5) is 11.9. The summed E-state index contributed by atoms with van der Waals surface area (Å²) in [6.45, 7) is 0.407. The number of amides is 1. The maximum absolute atomic E-state index is 11.9. The molecule has 0 bridgehead atoms. The summed E-state index contributed by atoms with van der Waals surface area (Å²) in [6.07, 6.45) is 3.30. The largest absolute Gasteiger partial charge is 0.484 e. The molecule has 3 rings (SSSR count). The normalized spacial score (nSPS) is 10.5. The van der Waals surface area contributed by atoms with Gasteiger partial charge in [-0.25, -0.2) is 0 Å². The molecule has 0 aliphatic heterocycles. The van der Waals surface area contributed by atoms with Crippen LogP contribution < -0.4 is 10.1 Å². The molecule has 0 atom stereocenters. The molecule has 1 N–H and O–H groups in total. The number of aromatic nitrogens is 2. The lowest BCUT2D eigenvalue weighted by molar-refractivity contribution is -0.118. The molecule has 7 heteroatoms. The van der Waals surface area contributed by atoms with Gasteiger partial charge in [0.25, 0.3) is 5.91 Å². The van der Waals surface area contributed by atoms with Crippen LogP contribution in [-0.2, 0) is 11.3 Å². The van der Waals surface area contributed by atoms with Crippen molar-refractivity contribution in [3.05, 3.63) is 76.5 Å². The third-order valence-corrected chi connectivity index (χ3v) is 3.96. The van der Waals surface area contributed by atoms with Crippen molar-refractivity contribution in [1.82, 2.24) is 9.78 Å². The number of nitrogens with one attached hydrogen (secondary N) is 1. The third-order valence-electron chi connectivity index (χ3n) is 3.38. The molecule has 25 heavy (non-hydrogen) atoms. The van der Waals surface area contributed by atoms with Gasteiger partial charge in [0, 0.05) is 16.2 Å². The van der Waals surface area contributed by atoms with Gasteiger partial charge in [-0.05, 0) is 29.8 Å². The molecule has 5 nitrogen and oxygen atoms in total. The Labute approximate surface area is 155 Å². The highest BCUT2D eigenvalue weighted by atomic mass is 35.5. The van der Waals surface area contributed by atoms with Crippen molar-refractivity contribution in [3.63, 3.8) is 0 Å². The number of nitrogens with zero attached hydrogens (tertiary/aromatic N) is 2. The Hall–Kier alpha value is -2.50. The molecule has 1 amide bonds. The van der Waals surface area contributed by atoms with Crippen LogP contribution in [0.2, 0.25) is 10.0 Å². The molecule has 0 fully saturated rings. The topological polar surface area (TPSA) is 56.1 Å². The summed E-state index contributed by atoms with van der Waals surface area (Å²) in [5, 5.41) is 8.11. The number of para-hydroxylation sites is 1. The van der Waals surface area contributed by atoms with E-state index in [0.29, 0.717) is 28.0 Å².